The van der Waals surface area contributed by atoms with Gasteiger partial charge in [0, 0.05) is 19.3 Å². The van der Waals surface area contributed by atoms with Crippen LogP contribution in [0.5, 0.6) is 0 Å². The lowest BCUT2D eigenvalue weighted by molar-refractivity contribution is -0.144. The predicted molar refractivity (Wildman–Crippen MR) is 75.2 cm³/mol. The summed E-state index contributed by atoms with van der Waals surface area (Å²) in [6, 6.07) is 12.9. The largest absolute Gasteiger partial charge is 0.480 e. The second kappa shape index (κ2) is 5.43. The Labute approximate surface area is 117 Å². The number of pyridine rings is 1. The van der Waals surface area contributed by atoms with E-state index in [4.69, 9.17) is 0 Å². The minimum absolute atomic E-state index is 0.562. The Hall–Kier alpha value is -2.20. The fraction of sp³-hybridized carbons (Fsp3) is 0.250. The standard InChI is InChI=1S/C16H16N2O2/c19-16(20)15-14-7-2-1-5-12(14)8-10-18(15)11-13-6-3-4-9-17-13/h1-7,9,15H,8,10-11H2,(H,19,20). The molecule has 0 spiro atoms. The molecule has 3 rings (SSSR count). The molecule has 0 bridgehead atoms. The number of aliphatic carboxylic acids is 1. The third-order valence-electron chi connectivity index (χ3n) is 3.71. The highest BCUT2D eigenvalue weighted by molar-refractivity contribution is 5.76. The van der Waals surface area contributed by atoms with E-state index in [2.05, 4.69) is 4.98 Å². The van der Waals surface area contributed by atoms with Crippen molar-refractivity contribution in [3.8, 4) is 0 Å². The SMILES string of the molecule is O=C(O)C1c2ccccc2CCN1Cc1ccccn1. The zero-order chi connectivity index (χ0) is 13.9. The van der Waals surface area contributed by atoms with E-state index >= 15 is 0 Å². The van der Waals surface area contributed by atoms with Crippen LogP contribution in [0.25, 0.3) is 0 Å². The van der Waals surface area contributed by atoms with Gasteiger partial charge in [-0.1, -0.05) is 30.3 Å². The number of fused-ring (bicyclic) bond motifs is 1. The van der Waals surface area contributed by atoms with Crippen molar-refractivity contribution in [1.82, 2.24) is 9.88 Å². The molecule has 4 heteroatoms. The summed E-state index contributed by atoms with van der Waals surface area (Å²) in [6.07, 6.45) is 2.62. The van der Waals surface area contributed by atoms with E-state index in [0.717, 1.165) is 29.8 Å². The number of hydrogen-bond donors (Lipinski definition) is 1. The van der Waals surface area contributed by atoms with Crippen LogP contribution in [0.1, 0.15) is 22.9 Å². The number of carboxylic acid groups (broad SMARTS) is 1. The highest BCUT2D eigenvalue weighted by atomic mass is 16.4. The van der Waals surface area contributed by atoms with Gasteiger partial charge in [-0.2, -0.15) is 0 Å². The normalized spacial score (nSPS) is 18.5. The smallest absolute Gasteiger partial charge is 0.325 e. The van der Waals surface area contributed by atoms with Gasteiger partial charge < -0.3 is 5.11 Å². The summed E-state index contributed by atoms with van der Waals surface area (Å²) < 4.78 is 0. The lowest BCUT2D eigenvalue weighted by atomic mass is 9.92. The van der Waals surface area contributed by atoms with E-state index in [1.165, 1.54) is 0 Å². The third-order valence-corrected chi connectivity index (χ3v) is 3.71. The molecule has 20 heavy (non-hydrogen) atoms. The molecule has 1 atom stereocenters. The molecule has 1 aliphatic rings. The topological polar surface area (TPSA) is 53.4 Å². The van der Waals surface area contributed by atoms with Crippen molar-refractivity contribution >= 4 is 5.97 Å². The van der Waals surface area contributed by atoms with Gasteiger partial charge in [0.05, 0.1) is 5.69 Å². The average molecular weight is 268 g/mol. The average Bonchev–Trinajstić information content (AvgIpc) is 2.47. The van der Waals surface area contributed by atoms with Crippen LogP contribution < -0.4 is 0 Å². The Kier molecular flexibility index (Phi) is 3.48. The monoisotopic (exact) mass is 268 g/mol. The van der Waals surface area contributed by atoms with Gasteiger partial charge in [-0.05, 0) is 29.7 Å². The molecule has 0 fully saturated rings. The first-order valence-corrected chi connectivity index (χ1v) is 6.70. The first-order valence-electron chi connectivity index (χ1n) is 6.70. The fourth-order valence-corrected chi connectivity index (χ4v) is 2.78. The van der Waals surface area contributed by atoms with E-state index in [1.54, 1.807) is 6.20 Å². The second-order valence-electron chi connectivity index (χ2n) is 4.98. The van der Waals surface area contributed by atoms with Crippen molar-refractivity contribution in [3.63, 3.8) is 0 Å². The van der Waals surface area contributed by atoms with Crippen LogP contribution in [0.2, 0.25) is 0 Å². The molecule has 1 unspecified atom stereocenters. The molecule has 0 saturated carbocycles. The molecule has 0 aliphatic carbocycles. The van der Waals surface area contributed by atoms with Crippen molar-refractivity contribution in [2.24, 2.45) is 0 Å². The molecular formula is C16H16N2O2. The van der Waals surface area contributed by atoms with Crippen LogP contribution in [0.4, 0.5) is 0 Å². The molecule has 4 nitrogen and oxygen atoms in total. The summed E-state index contributed by atoms with van der Waals surface area (Å²) in [6.45, 7) is 1.30. The number of rotatable bonds is 3. The third kappa shape index (κ3) is 2.42. The molecule has 0 radical (unpaired) electrons. The predicted octanol–water partition coefficient (Wildman–Crippen LogP) is 2.27. The maximum Gasteiger partial charge on any atom is 0.325 e. The summed E-state index contributed by atoms with van der Waals surface area (Å²) in [4.78, 5) is 17.9. The summed E-state index contributed by atoms with van der Waals surface area (Å²) in [5.74, 6) is -0.798. The zero-order valence-corrected chi connectivity index (χ0v) is 11.1. The second-order valence-corrected chi connectivity index (χ2v) is 4.98. The maximum atomic E-state index is 11.7. The van der Waals surface area contributed by atoms with Crippen molar-refractivity contribution in [1.29, 1.82) is 0 Å². The Morgan fingerprint density at radius 2 is 2.05 bits per heavy atom. The molecule has 0 amide bonds. The minimum atomic E-state index is -0.798. The van der Waals surface area contributed by atoms with Gasteiger partial charge in [0.15, 0.2) is 0 Å². The van der Waals surface area contributed by atoms with Gasteiger partial charge in [0.25, 0.3) is 0 Å². The fourth-order valence-electron chi connectivity index (χ4n) is 2.78. The van der Waals surface area contributed by atoms with Crippen LogP contribution in [0.15, 0.2) is 48.7 Å². The van der Waals surface area contributed by atoms with Gasteiger partial charge in [-0.15, -0.1) is 0 Å². The van der Waals surface area contributed by atoms with Gasteiger partial charge in [-0.3, -0.25) is 14.7 Å². The molecule has 2 heterocycles. The lowest BCUT2D eigenvalue weighted by Gasteiger charge is -2.34. The van der Waals surface area contributed by atoms with E-state index in [1.807, 2.05) is 47.4 Å². The minimum Gasteiger partial charge on any atom is -0.480 e. The lowest BCUT2D eigenvalue weighted by Crippen LogP contribution is -2.39. The molecule has 1 N–H and O–H groups in total. The van der Waals surface area contributed by atoms with Gasteiger partial charge in [0.1, 0.15) is 6.04 Å². The van der Waals surface area contributed by atoms with Crippen molar-refractivity contribution < 1.29 is 9.90 Å². The van der Waals surface area contributed by atoms with Crippen molar-refractivity contribution in [2.75, 3.05) is 6.54 Å². The van der Waals surface area contributed by atoms with E-state index < -0.39 is 12.0 Å². The summed E-state index contributed by atoms with van der Waals surface area (Å²) in [5, 5.41) is 9.57. The zero-order valence-electron chi connectivity index (χ0n) is 11.1. The highest BCUT2D eigenvalue weighted by Gasteiger charge is 2.32. The quantitative estimate of drug-likeness (QED) is 0.927. The Morgan fingerprint density at radius 3 is 2.80 bits per heavy atom. The molecule has 0 saturated heterocycles. The van der Waals surface area contributed by atoms with E-state index in [-0.39, 0.29) is 0 Å². The summed E-state index contributed by atoms with van der Waals surface area (Å²) in [7, 11) is 0. The number of nitrogens with zero attached hydrogens (tertiary/aromatic N) is 2. The first kappa shape index (κ1) is 12.8. The molecule has 1 aliphatic heterocycles. The number of aromatic nitrogens is 1. The number of benzene rings is 1. The van der Waals surface area contributed by atoms with Crippen molar-refractivity contribution in [2.45, 2.75) is 19.0 Å². The van der Waals surface area contributed by atoms with Crippen LogP contribution in [0, 0.1) is 0 Å². The molecular weight excluding hydrogens is 252 g/mol. The first-order chi connectivity index (χ1) is 9.75. The molecule has 1 aromatic carbocycles. The Morgan fingerprint density at radius 1 is 1.25 bits per heavy atom. The maximum absolute atomic E-state index is 11.7. The molecule has 1 aromatic heterocycles. The van der Waals surface area contributed by atoms with Crippen LogP contribution in [-0.4, -0.2) is 27.5 Å². The molecule has 2 aromatic rings. The van der Waals surface area contributed by atoms with Gasteiger partial charge >= 0.3 is 5.97 Å². The van der Waals surface area contributed by atoms with Crippen LogP contribution in [-0.2, 0) is 17.8 Å². The summed E-state index contributed by atoms with van der Waals surface area (Å²) in [5.41, 5.74) is 2.94. The summed E-state index contributed by atoms with van der Waals surface area (Å²) >= 11 is 0. The number of carboxylic acids is 1. The molecule has 102 valence electrons. The number of carbonyl (C=O) groups is 1. The van der Waals surface area contributed by atoms with Crippen LogP contribution in [0.3, 0.4) is 0 Å². The van der Waals surface area contributed by atoms with E-state index in [0.29, 0.717) is 6.54 Å². The Balaban J connectivity index is 1.91. The van der Waals surface area contributed by atoms with Gasteiger partial charge in [0.2, 0.25) is 0 Å². The number of hydrogen-bond acceptors (Lipinski definition) is 3. The van der Waals surface area contributed by atoms with Gasteiger partial charge in [-0.25, -0.2) is 0 Å². The highest BCUT2D eigenvalue weighted by Crippen LogP contribution is 2.30. The van der Waals surface area contributed by atoms with Crippen molar-refractivity contribution in [3.05, 3.63) is 65.5 Å². The Bertz CT molecular complexity index is 613. The van der Waals surface area contributed by atoms with E-state index in [9.17, 15) is 9.90 Å². The van der Waals surface area contributed by atoms with Crippen LogP contribution >= 0.6 is 0 Å².